The van der Waals surface area contributed by atoms with Crippen LogP contribution in [-0.4, -0.2) is 122 Å². The Morgan fingerprint density at radius 3 is 1.84 bits per heavy atom. The summed E-state index contributed by atoms with van der Waals surface area (Å²) in [6, 6.07) is -7.87. The minimum Gasteiger partial charge on any atom is -0.480 e. The van der Waals surface area contributed by atoms with Crippen LogP contribution in [-0.2, 0) is 40.0 Å². The molecule has 0 saturated heterocycles. The third-order valence-corrected chi connectivity index (χ3v) is 7.07. The molecule has 6 amide bonds. The van der Waals surface area contributed by atoms with E-state index in [-0.39, 0.29) is 24.7 Å². The van der Waals surface area contributed by atoms with Gasteiger partial charge in [-0.25, -0.2) is 9.78 Å². The molecule has 1 aromatic rings. The number of nitrogens with zero attached hydrogens (tertiary/aromatic N) is 1. The van der Waals surface area contributed by atoms with Crippen LogP contribution in [0.1, 0.15) is 60.1 Å². The molecule has 0 aliphatic carbocycles. The van der Waals surface area contributed by atoms with E-state index >= 15 is 0 Å². The van der Waals surface area contributed by atoms with Crippen molar-refractivity contribution in [2.45, 2.75) is 103 Å². The summed E-state index contributed by atoms with van der Waals surface area (Å²) >= 11 is 0. The molecule has 0 unspecified atom stereocenters. The summed E-state index contributed by atoms with van der Waals surface area (Å²) in [6.45, 7) is 8.52. The predicted octanol–water partition coefficient (Wildman–Crippen LogP) is -3.61. The zero-order chi connectivity index (χ0) is 37.4. The molecule has 0 saturated carbocycles. The van der Waals surface area contributed by atoms with Crippen LogP contribution in [0.4, 0.5) is 0 Å². The lowest BCUT2D eigenvalue weighted by atomic mass is 10.0. The van der Waals surface area contributed by atoms with Crippen molar-refractivity contribution < 1.29 is 48.9 Å². The molecule has 0 fully saturated rings. The SMILES string of the molecule is CC(C)C[C@H](NC(=O)[C@H](C)NC(=O)CNC(=O)[C@@H](N)CC(C)C)C(=O)N[C@@H](CO)C(=O)N[C@@H](Cc1cnc[nH]1)C(=O)N[C@H](C(=O)O)[C@@H](C)O. The number of H-pyrrole nitrogens is 1. The Hall–Kier alpha value is -4.62. The van der Waals surface area contributed by atoms with Gasteiger partial charge >= 0.3 is 5.97 Å². The molecule has 1 heterocycles. The van der Waals surface area contributed by atoms with Gasteiger partial charge < -0.3 is 57.9 Å². The second-order valence-corrected chi connectivity index (χ2v) is 12.6. The molecular formula is C30H51N9O10. The van der Waals surface area contributed by atoms with E-state index in [4.69, 9.17) is 5.73 Å². The van der Waals surface area contributed by atoms with Crippen LogP contribution in [0.3, 0.4) is 0 Å². The number of nitrogens with two attached hydrogens (primary N) is 1. The smallest absolute Gasteiger partial charge is 0.328 e. The van der Waals surface area contributed by atoms with Gasteiger partial charge in [-0.3, -0.25) is 28.8 Å². The first kappa shape index (κ1) is 42.4. The zero-order valence-electron chi connectivity index (χ0n) is 28.6. The van der Waals surface area contributed by atoms with E-state index in [2.05, 4.69) is 41.9 Å². The number of aliphatic hydroxyl groups is 2. The Morgan fingerprint density at radius 2 is 1.33 bits per heavy atom. The quantitative estimate of drug-likeness (QED) is 0.0594. The summed E-state index contributed by atoms with van der Waals surface area (Å²) in [6.07, 6.45) is 1.53. The molecule has 0 radical (unpaired) electrons. The Kier molecular flexibility index (Phi) is 17.9. The normalized spacial score (nSPS) is 15.5. The van der Waals surface area contributed by atoms with E-state index in [0.29, 0.717) is 12.1 Å². The molecule has 49 heavy (non-hydrogen) atoms. The number of amides is 6. The number of aliphatic carboxylic acids is 1. The molecule has 7 atom stereocenters. The lowest BCUT2D eigenvalue weighted by Crippen LogP contribution is -2.60. The average molecular weight is 698 g/mol. The number of hydrogen-bond acceptors (Lipinski definition) is 11. The van der Waals surface area contributed by atoms with E-state index in [1.807, 2.05) is 13.8 Å². The minimum atomic E-state index is -1.69. The number of carbonyl (C=O) groups excluding carboxylic acids is 6. The van der Waals surface area contributed by atoms with E-state index in [0.717, 1.165) is 6.92 Å². The number of imidazole rings is 1. The van der Waals surface area contributed by atoms with Crippen molar-refractivity contribution in [3.8, 4) is 0 Å². The number of rotatable bonds is 21. The second kappa shape index (κ2) is 20.7. The highest BCUT2D eigenvalue weighted by Gasteiger charge is 2.33. The van der Waals surface area contributed by atoms with Crippen LogP contribution < -0.4 is 37.6 Å². The van der Waals surface area contributed by atoms with Crippen LogP contribution >= 0.6 is 0 Å². The van der Waals surface area contributed by atoms with Crippen molar-refractivity contribution in [1.29, 1.82) is 0 Å². The number of carboxylic acid groups (broad SMARTS) is 1. The van der Waals surface area contributed by atoms with Crippen molar-refractivity contribution >= 4 is 41.4 Å². The van der Waals surface area contributed by atoms with Gasteiger partial charge in [-0.2, -0.15) is 0 Å². The molecule has 0 aliphatic rings. The van der Waals surface area contributed by atoms with Crippen molar-refractivity contribution in [3.63, 3.8) is 0 Å². The van der Waals surface area contributed by atoms with E-state index in [9.17, 15) is 48.9 Å². The molecular weight excluding hydrogens is 646 g/mol. The van der Waals surface area contributed by atoms with Gasteiger partial charge in [0.25, 0.3) is 0 Å². The highest BCUT2D eigenvalue weighted by Crippen LogP contribution is 2.07. The average Bonchev–Trinajstić information content (AvgIpc) is 3.52. The molecule has 0 bridgehead atoms. The van der Waals surface area contributed by atoms with Crippen molar-refractivity contribution in [1.82, 2.24) is 41.9 Å². The zero-order valence-corrected chi connectivity index (χ0v) is 28.6. The maximum atomic E-state index is 13.3. The van der Waals surface area contributed by atoms with Crippen molar-refractivity contribution in [3.05, 3.63) is 18.2 Å². The third-order valence-electron chi connectivity index (χ3n) is 7.07. The van der Waals surface area contributed by atoms with Gasteiger partial charge in [0.2, 0.25) is 35.4 Å². The second-order valence-electron chi connectivity index (χ2n) is 12.6. The molecule has 19 nitrogen and oxygen atoms in total. The van der Waals surface area contributed by atoms with E-state index in [1.165, 1.54) is 19.4 Å². The summed E-state index contributed by atoms with van der Waals surface area (Å²) in [5, 5.41) is 43.3. The Bertz CT molecular complexity index is 1270. The van der Waals surface area contributed by atoms with Crippen molar-refractivity contribution in [2.24, 2.45) is 17.6 Å². The Balaban J connectivity index is 2.95. The summed E-state index contributed by atoms with van der Waals surface area (Å²) in [7, 11) is 0. The first-order chi connectivity index (χ1) is 22.9. The topological polar surface area (TPSA) is 307 Å². The monoisotopic (exact) mass is 697 g/mol. The van der Waals surface area contributed by atoms with Crippen molar-refractivity contribution in [2.75, 3.05) is 13.2 Å². The predicted molar refractivity (Wildman–Crippen MR) is 174 cm³/mol. The van der Waals surface area contributed by atoms with Gasteiger partial charge in [-0.1, -0.05) is 27.7 Å². The molecule has 276 valence electrons. The van der Waals surface area contributed by atoms with Crippen LogP contribution in [0.25, 0.3) is 0 Å². The largest absolute Gasteiger partial charge is 0.480 e. The molecule has 1 rings (SSSR count). The number of carboxylic acids is 1. The minimum absolute atomic E-state index is 0.0998. The Morgan fingerprint density at radius 1 is 0.776 bits per heavy atom. The standard InChI is InChI=1S/C30H51N9O10/c1-14(2)7-19(31)26(44)33-11-23(42)35-16(5)25(43)36-20(8-15(3)4)27(45)38-22(12-40)29(47)37-21(9-18-10-32-13-34-18)28(46)39-24(17(6)41)30(48)49/h10,13-17,19-22,24,40-41H,7-9,11-12,31H2,1-6H3,(H,32,34)(H,33,44)(H,35,42)(H,36,43)(H,37,47)(H,38,45)(H,39,46)(H,48,49)/t16-,17+,19-,20-,21-,22-,24-/m0/s1. The summed E-state index contributed by atoms with van der Waals surface area (Å²) < 4.78 is 0. The van der Waals surface area contributed by atoms with Gasteiger partial charge in [0.1, 0.15) is 24.2 Å². The fourth-order valence-corrected chi connectivity index (χ4v) is 4.48. The lowest BCUT2D eigenvalue weighted by Gasteiger charge is -2.26. The van der Waals surface area contributed by atoms with Gasteiger partial charge in [-0.05, 0) is 38.5 Å². The molecule has 1 aromatic heterocycles. The van der Waals surface area contributed by atoms with Gasteiger partial charge in [-0.15, -0.1) is 0 Å². The lowest BCUT2D eigenvalue weighted by molar-refractivity contribution is -0.145. The summed E-state index contributed by atoms with van der Waals surface area (Å²) in [5.41, 5.74) is 6.19. The van der Waals surface area contributed by atoms with Crippen LogP contribution in [0.5, 0.6) is 0 Å². The number of carbonyl (C=O) groups is 7. The van der Waals surface area contributed by atoms with Gasteiger partial charge in [0.15, 0.2) is 6.04 Å². The van der Waals surface area contributed by atoms with E-state index in [1.54, 1.807) is 13.8 Å². The molecule has 19 heteroatoms. The van der Waals surface area contributed by atoms with Gasteiger partial charge in [0.05, 0.1) is 31.6 Å². The summed E-state index contributed by atoms with van der Waals surface area (Å²) in [4.78, 5) is 94.9. The van der Waals surface area contributed by atoms with E-state index < -0.39 is 96.9 Å². The van der Waals surface area contributed by atoms with Gasteiger partial charge in [0, 0.05) is 18.3 Å². The third kappa shape index (κ3) is 15.4. The highest BCUT2D eigenvalue weighted by atomic mass is 16.4. The maximum Gasteiger partial charge on any atom is 0.328 e. The first-order valence-corrected chi connectivity index (χ1v) is 15.9. The molecule has 0 spiro atoms. The molecule has 0 aromatic carbocycles. The first-order valence-electron chi connectivity index (χ1n) is 15.9. The number of aliphatic hydroxyl groups excluding tert-OH is 2. The fraction of sp³-hybridized carbons (Fsp3) is 0.667. The maximum absolute atomic E-state index is 13.3. The highest BCUT2D eigenvalue weighted by molar-refractivity contribution is 5.96. The number of aromatic amines is 1. The molecule has 0 aliphatic heterocycles. The fourth-order valence-electron chi connectivity index (χ4n) is 4.48. The number of aromatic nitrogens is 2. The molecule has 12 N–H and O–H groups in total. The van der Waals surface area contributed by atoms with Crippen LogP contribution in [0.15, 0.2) is 12.5 Å². The summed E-state index contributed by atoms with van der Waals surface area (Å²) in [5.74, 6) is -6.26. The number of hydrogen-bond donors (Lipinski definition) is 11. The van der Waals surface area contributed by atoms with Crippen LogP contribution in [0, 0.1) is 11.8 Å². The Labute approximate surface area is 284 Å². The van der Waals surface area contributed by atoms with Crippen LogP contribution in [0.2, 0.25) is 0 Å². The number of nitrogens with one attached hydrogen (secondary N) is 7.